The van der Waals surface area contributed by atoms with Crippen LogP contribution in [0.5, 0.6) is 5.75 Å². The molecule has 7 heteroatoms. The zero-order valence-corrected chi connectivity index (χ0v) is 15.0. The van der Waals surface area contributed by atoms with Crippen molar-refractivity contribution < 1.29 is 19.1 Å². The van der Waals surface area contributed by atoms with Gasteiger partial charge in [0, 0.05) is 13.5 Å². The molecule has 0 spiro atoms. The summed E-state index contributed by atoms with van der Waals surface area (Å²) in [5.74, 6) is -0.433. The van der Waals surface area contributed by atoms with Crippen LogP contribution >= 0.6 is 0 Å². The van der Waals surface area contributed by atoms with E-state index in [1.807, 2.05) is 0 Å². The topological polar surface area (TPSA) is 96.5 Å². The molecule has 0 aliphatic heterocycles. The summed E-state index contributed by atoms with van der Waals surface area (Å²) >= 11 is 0. The second-order valence-corrected chi connectivity index (χ2v) is 6.13. The predicted octanol–water partition coefficient (Wildman–Crippen LogP) is 2.74. The van der Waals surface area contributed by atoms with Gasteiger partial charge in [0.2, 0.25) is 5.91 Å². The lowest BCUT2D eigenvalue weighted by Gasteiger charge is -2.13. The number of allylic oxidation sites excluding steroid dienone is 1. The van der Waals surface area contributed by atoms with Gasteiger partial charge in [-0.2, -0.15) is 0 Å². The highest BCUT2D eigenvalue weighted by Crippen LogP contribution is 2.23. The average molecular weight is 359 g/mol. The molecule has 1 aromatic carbocycles. The standard InChI is InChI=1S/C19H25N3O4/c1-14(23)21-16-9-5-6-10-17(16)26-13-18(24)22-19(25)20-12-11-15-7-3-2-4-8-15/h5-7,9-10H,2-4,8,11-13H2,1H3,(H,21,23)(H2,20,22,24,25). The van der Waals surface area contributed by atoms with Crippen molar-refractivity contribution in [3.8, 4) is 5.75 Å². The van der Waals surface area contributed by atoms with Gasteiger partial charge >= 0.3 is 6.03 Å². The largest absolute Gasteiger partial charge is 0.482 e. The number of amides is 4. The lowest BCUT2D eigenvalue weighted by molar-refractivity contribution is -0.122. The van der Waals surface area contributed by atoms with E-state index in [0.29, 0.717) is 18.0 Å². The number of nitrogens with one attached hydrogen (secondary N) is 3. The molecule has 1 aliphatic carbocycles. The summed E-state index contributed by atoms with van der Waals surface area (Å²) in [6.07, 6.45) is 7.67. The van der Waals surface area contributed by atoms with Crippen LogP contribution in [0.25, 0.3) is 0 Å². The van der Waals surface area contributed by atoms with Gasteiger partial charge in [-0.1, -0.05) is 23.8 Å². The number of benzene rings is 1. The molecule has 0 bridgehead atoms. The van der Waals surface area contributed by atoms with Gasteiger partial charge in [0.15, 0.2) is 6.61 Å². The van der Waals surface area contributed by atoms with E-state index < -0.39 is 11.9 Å². The zero-order chi connectivity index (χ0) is 18.8. The van der Waals surface area contributed by atoms with Crippen molar-refractivity contribution in [3.63, 3.8) is 0 Å². The Labute approximate surface area is 153 Å². The summed E-state index contributed by atoms with van der Waals surface area (Å²) in [4.78, 5) is 34.7. The summed E-state index contributed by atoms with van der Waals surface area (Å²) in [7, 11) is 0. The number of rotatable bonds is 7. The second-order valence-electron chi connectivity index (χ2n) is 6.13. The third-order valence-corrected chi connectivity index (χ3v) is 3.93. The molecule has 0 unspecified atom stereocenters. The van der Waals surface area contributed by atoms with Crippen molar-refractivity contribution in [3.05, 3.63) is 35.9 Å². The molecule has 0 saturated heterocycles. The van der Waals surface area contributed by atoms with Crippen LogP contribution < -0.4 is 20.7 Å². The maximum absolute atomic E-state index is 11.8. The first-order valence-corrected chi connectivity index (χ1v) is 8.79. The van der Waals surface area contributed by atoms with E-state index in [9.17, 15) is 14.4 Å². The smallest absolute Gasteiger partial charge is 0.321 e. The molecule has 3 N–H and O–H groups in total. The molecule has 7 nitrogen and oxygen atoms in total. The van der Waals surface area contributed by atoms with Gasteiger partial charge in [-0.25, -0.2) is 4.79 Å². The molecule has 1 aliphatic rings. The Morgan fingerprint density at radius 1 is 1.15 bits per heavy atom. The molecule has 0 atom stereocenters. The van der Waals surface area contributed by atoms with E-state index in [1.165, 1.54) is 25.3 Å². The van der Waals surface area contributed by atoms with Crippen LogP contribution in [-0.2, 0) is 9.59 Å². The minimum Gasteiger partial charge on any atom is -0.482 e. The monoisotopic (exact) mass is 359 g/mol. The first kappa shape index (κ1) is 19.5. The minimum absolute atomic E-state index is 0.238. The molecule has 0 fully saturated rings. The number of para-hydroxylation sites is 2. The highest BCUT2D eigenvalue weighted by molar-refractivity contribution is 5.95. The van der Waals surface area contributed by atoms with Gasteiger partial charge in [-0.15, -0.1) is 0 Å². The molecular formula is C19H25N3O4. The summed E-state index contributed by atoms with van der Waals surface area (Å²) in [5, 5.41) is 7.52. The third kappa shape index (κ3) is 6.96. The van der Waals surface area contributed by atoms with Crippen LogP contribution in [0.4, 0.5) is 10.5 Å². The van der Waals surface area contributed by atoms with Crippen molar-refractivity contribution >= 4 is 23.5 Å². The van der Waals surface area contributed by atoms with E-state index in [4.69, 9.17) is 4.74 Å². The molecule has 26 heavy (non-hydrogen) atoms. The molecule has 4 amide bonds. The van der Waals surface area contributed by atoms with Crippen LogP contribution in [-0.4, -0.2) is 31.0 Å². The van der Waals surface area contributed by atoms with E-state index in [1.54, 1.807) is 24.3 Å². The van der Waals surface area contributed by atoms with Crippen molar-refractivity contribution in [2.45, 2.75) is 39.0 Å². The molecule has 0 heterocycles. The van der Waals surface area contributed by atoms with E-state index in [2.05, 4.69) is 22.0 Å². The van der Waals surface area contributed by atoms with Crippen LogP contribution in [0, 0.1) is 0 Å². The van der Waals surface area contributed by atoms with E-state index in [0.717, 1.165) is 19.3 Å². The second kappa shape index (κ2) is 10.2. The quantitative estimate of drug-likeness (QED) is 0.652. The summed E-state index contributed by atoms with van der Waals surface area (Å²) in [6, 6.07) is 6.24. The Kier molecular flexibility index (Phi) is 7.67. The lowest BCUT2D eigenvalue weighted by atomic mass is 9.97. The number of carbonyl (C=O) groups excluding carboxylic acids is 3. The fraction of sp³-hybridized carbons (Fsp3) is 0.421. The highest BCUT2D eigenvalue weighted by atomic mass is 16.5. The van der Waals surface area contributed by atoms with Crippen molar-refractivity contribution in [1.82, 2.24) is 10.6 Å². The highest BCUT2D eigenvalue weighted by Gasteiger charge is 2.11. The number of hydrogen-bond donors (Lipinski definition) is 3. The molecule has 0 aromatic heterocycles. The molecule has 2 rings (SSSR count). The number of hydrogen-bond acceptors (Lipinski definition) is 4. The first-order valence-electron chi connectivity index (χ1n) is 8.79. The zero-order valence-electron chi connectivity index (χ0n) is 15.0. The number of anilines is 1. The van der Waals surface area contributed by atoms with E-state index >= 15 is 0 Å². The van der Waals surface area contributed by atoms with Crippen molar-refractivity contribution in [2.24, 2.45) is 0 Å². The van der Waals surface area contributed by atoms with Crippen LogP contribution in [0.1, 0.15) is 39.0 Å². The van der Waals surface area contributed by atoms with Crippen molar-refractivity contribution in [2.75, 3.05) is 18.5 Å². The molecular weight excluding hydrogens is 334 g/mol. The fourth-order valence-electron chi connectivity index (χ4n) is 2.70. The molecule has 140 valence electrons. The SMILES string of the molecule is CC(=O)Nc1ccccc1OCC(=O)NC(=O)NCCC1=CCCCC1. The Morgan fingerprint density at radius 3 is 2.69 bits per heavy atom. The average Bonchev–Trinajstić information content (AvgIpc) is 2.61. The van der Waals surface area contributed by atoms with Gasteiger partial charge in [0.1, 0.15) is 5.75 Å². The Balaban J connectivity index is 1.70. The van der Waals surface area contributed by atoms with Gasteiger partial charge < -0.3 is 15.4 Å². The normalized spacial score (nSPS) is 13.3. The van der Waals surface area contributed by atoms with Gasteiger partial charge in [-0.3, -0.25) is 14.9 Å². The van der Waals surface area contributed by atoms with Crippen LogP contribution in [0.15, 0.2) is 35.9 Å². The Bertz CT molecular complexity index is 685. The van der Waals surface area contributed by atoms with Crippen LogP contribution in [0.2, 0.25) is 0 Å². The summed E-state index contributed by atoms with van der Waals surface area (Å²) < 4.78 is 5.38. The van der Waals surface area contributed by atoms with E-state index in [-0.39, 0.29) is 12.5 Å². The Morgan fingerprint density at radius 2 is 1.96 bits per heavy atom. The number of urea groups is 1. The lowest BCUT2D eigenvalue weighted by Crippen LogP contribution is -2.42. The van der Waals surface area contributed by atoms with Gasteiger partial charge in [0.05, 0.1) is 5.69 Å². The third-order valence-electron chi connectivity index (χ3n) is 3.93. The number of imide groups is 1. The fourth-order valence-corrected chi connectivity index (χ4v) is 2.70. The van der Waals surface area contributed by atoms with Crippen molar-refractivity contribution in [1.29, 1.82) is 0 Å². The maximum atomic E-state index is 11.8. The van der Waals surface area contributed by atoms with Gasteiger partial charge in [-0.05, 0) is 44.2 Å². The molecule has 0 radical (unpaired) electrons. The maximum Gasteiger partial charge on any atom is 0.321 e. The number of ether oxygens (including phenoxy) is 1. The Hall–Kier alpha value is -2.83. The van der Waals surface area contributed by atoms with Crippen LogP contribution in [0.3, 0.4) is 0 Å². The first-order chi connectivity index (χ1) is 12.5. The number of carbonyl (C=O) groups is 3. The molecule has 0 saturated carbocycles. The molecule has 1 aromatic rings. The minimum atomic E-state index is -0.558. The summed E-state index contributed by atoms with van der Waals surface area (Å²) in [6.45, 7) is 1.56. The summed E-state index contributed by atoms with van der Waals surface area (Å²) in [5.41, 5.74) is 1.83. The van der Waals surface area contributed by atoms with Gasteiger partial charge in [0.25, 0.3) is 5.91 Å². The predicted molar refractivity (Wildman–Crippen MR) is 99.0 cm³/mol.